The van der Waals surface area contributed by atoms with Gasteiger partial charge in [0.1, 0.15) is 0 Å². The van der Waals surface area contributed by atoms with Crippen LogP contribution in [0, 0.1) is 0 Å². The molecule has 3 aliphatic heterocycles. The van der Waals surface area contributed by atoms with Crippen molar-refractivity contribution in [1.29, 1.82) is 0 Å². The Morgan fingerprint density at radius 1 is 1.48 bits per heavy atom. The van der Waals surface area contributed by atoms with E-state index in [0.717, 1.165) is 16.9 Å². The quantitative estimate of drug-likeness (QED) is 0.792. The molecule has 6 heteroatoms. The van der Waals surface area contributed by atoms with Gasteiger partial charge in [-0.3, -0.25) is 4.79 Å². The highest BCUT2D eigenvalue weighted by Crippen LogP contribution is 2.50. The molecule has 0 aliphatic carbocycles. The molecule has 6 nitrogen and oxygen atoms in total. The summed E-state index contributed by atoms with van der Waals surface area (Å²) in [7, 11) is 1.61. The number of ether oxygens (including phenoxy) is 1. The maximum atomic E-state index is 12.6. The first-order valence-corrected chi connectivity index (χ1v) is 8.00. The Kier molecular flexibility index (Phi) is 2.73. The van der Waals surface area contributed by atoms with Gasteiger partial charge in [0.25, 0.3) is 0 Å². The summed E-state index contributed by atoms with van der Waals surface area (Å²) in [4.78, 5) is 29.4. The fourth-order valence-electron chi connectivity index (χ4n) is 3.91. The maximum Gasteiger partial charge on any atom is 0.409 e. The molecule has 1 aromatic carbocycles. The Morgan fingerprint density at radius 3 is 3.09 bits per heavy atom. The largest absolute Gasteiger partial charge is 0.450 e. The third kappa shape index (κ3) is 2.00. The lowest BCUT2D eigenvalue weighted by Gasteiger charge is -2.40. The minimum atomic E-state index is -2.08. The van der Waals surface area contributed by atoms with Gasteiger partial charge in [-0.15, -0.1) is 0 Å². The minimum Gasteiger partial charge on any atom is -0.450 e. The van der Waals surface area contributed by atoms with Crippen LogP contribution in [0.25, 0.3) is 0 Å². The number of anilines is 2. The summed E-state index contributed by atoms with van der Waals surface area (Å²) >= 11 is 0. The van der Waals surface area contributed by atoms with Crippen molar-refractivity contribution in [3.05, 3.63) is 23.8 Å². The van der Waals surface area contributed by atoms with E-state index in [2.05, 4.69) is 0 Å². The van der Waals surface area contributed by atoms with Gasteiger partial charge in [0.2, 0.25) is 5.91 Å². The molecule has 3 heterocycles. The van der Waals surface area contributed by atoms with E-state index in [1.165, 1.54) is 4.90 Å². The van der Waals surface area contributed by atoms with E-state index in [1.807, 2.05) is 18.2 Å². The van der Waals surface area contributed by atoms with Crippen LogP contribution in [0.15, 0.2) is 18.2 Å². The molecule has 0 N–H and O–H groups in total. The molecule has 3 aliphatic rings. The highest BCUT2D eigenvalue weighted by atomic mass is 16.6. The Bertz CT molecular complexity index is 755. The number of piperidine rings is 1. The molecular weight excluding hydrogens is 294 g/mol. The lowest BCUT2D eigenvalue weighted by Crippen LogP contribution is -2.52. The number of rotatable bonds is 1. The number of nitrogens with zero attached hydrogens (tertiary/aromatic N) is 3. The van der Waals surface area contributed by atoms with Crippen molar-refractivity contribution < 1.29 is 17.1 Å². The fourth-order valence-corrected chi connectivity index (χ4v) is 3.91. The number of benzene rings is 1. The van der Waals surface area contributed by atoms with Gasteiger partial charge in [-0.1, -0.05) is 12.1 Å². The summed E-state index contributed by atoms with van der Waals surface area (Å²) in [6.45, 7) is 1.01. The van der Waals surface area contributed by atoms with Crippen LogP contribution in [0.2, 0.25) is 0 Å². The molecule has 0 saturated carbocycles. The molecule has 122 valence electrons. The molecule has 23 heavy (non-hydrogen) atoms. The predicted octanol–water partition coefficient (Wildman–Crippen LogP) is 1.80. The van der Waals surface area contributed by atoms with Crippen LogP contribution in [0.1, 0.15) is 27.6 Å². The van der Waals surface area contributed by atoms with E-state index in [4.69, 9.17) is 7.48 Å². The second-order valence-corrected chi connectivity index (χ2v) is 6.17. The third-order valence-corrected chi connectivity index (χ3v) is 5.00. The van der Waals surface area contributed by atoms with E-state index >= 15 is 0 Å². The Hall–Kier alpha value is -2.24. The van der Waals surface area contributed by atoms with Gasteiger partial charge in [-0.05, 0) is 25.0 Å². The summed E-state index contributed by atoms with van der Waals surface area (Å²) in [5.41, 5.74) is 2.52. The summed E-state index contributed by atoms with van der Waals surface area (Å²) in [6.07, 6.45) is 0.275. The molecule has 0 unspecified atom stereocenters. The number of para-hydroxylation sites is 1. The van der Waals surface area contributed by atoms with Crippen LogP contribution < -0.4 is 9.80 Å². The number of likely N-dealkylation sites (tertiary alicyclic amines) is 1. The number of hydrogen-bond acceptors (Lipinski definition) is 4. The van der Waals surface area contributed by atoms with E-state index in [9.17, 15) is 9.59 Å². The third-order valence-electron chi connectivity index (χ3n) is 5.00. The summed E-state index contributed by atoms with van der Waals surface area (Å²) in [5.74, 6) is -0.576. The summed E-state index contributed by atoms with van der Waals surface area (Å²) in [6, 6.07) is 5.59. The first-order valence-electron chi connectivity index (χ1n) is 9.00. The molecule has 0 aromatic heterocycles. The monoisotopic (exact) mass is 317 g/mol. The molecule has 1 saturated heterocycles. The molecule has 0 bridgehead atoms. The van der Waals surface area contributed by atoms with E-state index in [-0.39, 0.29) is 18.1 Å². The second-order valence-electron chi connectivity index (χ2n) is 6.17. The Labute approximate surface area is 138 Å². The maximum absolute atomic E-state index is 12.6. The first-order chi connectivity index (χ1) is 11.9. The van der Waals surface area contributed by atoms with Crippen LogP contribution in [-0.4, -0.2) is 56.2 Å². The van der Waals surface area contributed by atoms with Crippen molar-refractivity contribution >= 4 is 23.4 Å². The molecule has 4 rings (SSSR count). The Balaban J connectivity index is 1.77. The van der Waals surface area contributed by atoms with Crippen LogP contribution in [0.4, 0.5) is 16.2 Å². The van der Waals surface area contributed by atoms with Crippen molar-refractivity contribution in [2.45, 2.75) is 25.3 Å². The molecule has 1 aromatic rings. The van der Waals surface area contributed by atoms with E-state index in [1.54, 1.807) is 23.8 Å². The van der Waals surface area contributed by atoms with Crippen molar-refractivity contribution in [2.24, 2.45) is 0 Å². The van der Waals surface area contributed by atoms with Crippen LogP contribution >= 0.6 is 0 Å². The zero-order valence-corrected chi connectivity index (χ0v) is 13.3. The van der Waals surface area contributed by atoms with Gasteiger partial charge in [-0.25, -0.2) is 4.79 Å². The van der Waals surface area contributed by atoms with Crippen molar-refractivity contribution in [3.63, 3.8) is 0 Å². The first kappa shape index (κ1) is 12.2. The lowest BCUT2D eigenvalue weighted by molar-refractivity contribution is -0.117. The number of likely N-dealkylation sites (N-methyl/N-ethyl adjacent to an activating group) is 1. The molecular formula is C17H21N3O3. The highest BCUT2D eigenvalue weighted by molar-refractivity contribution is 6.04. The molecule has 2 atom stereocenters. The highest BCUT2D eigenvalue weighted by Gasteiger charge is 2.47. The Morgan fingerprint density at radius 2 is 2.30 bits per heavy atom. The number of carbonyl (C=O) groups is 2. The normalized spacial score (nSPS) is 28.8. The fraction of sp³-hybridized carbons (Fsp3) is 0.529. The van der Waals surface area contributed by atoms with Crippen LogP contribution in [0.3, 0.4) is 0 Å². The summed E-state index contributed by atoms with van der Waals surface area (Å²) < 4.78 is 21.9. The molecule has 2 amide bonds. The number of amides is 2. The number of carbonyl (C=O) groups excluding carboxylic acids is 2. The standard InChI is InChI=1S/C17H21N3O3/c1-3-23-17(22)19-8-7-13-12(9-19)11-5-4-6-14-16(11)20(13)10-15(21)18(14)2/h4-6,12-13H,3,7-10H2,1-2H3/t12-,13-/m0/s1/i10D2. The van der Waals surface area contributed by atoms with Gasteiger partial charge < -0.3 is 19.4 Å². The SMILES string of the molecule is [2H]C1([2H])C(=O)N(C)c2cccc3c2N1[C@H]1CCN(C(=O)OCC)C[C@@H]31. The zero-order chi connectivity index (χ0) is 17.9. The van der Waals surface area contributed by atoms with Gasteiger partial charge in [-0.2, -0.15) is 0 Å². The summed E-state index contributed by atoms with van der Waals surface area (Å²) in [5, 5.41) is 0. The van der Waals surface area contributed by atoms with Crippen LogP contribution in [-0.2, 0) is 9.53 Å². The topological polar surface area (TPSA) is 53.1 Å². The van der Waals surface area contributed by atoms with Gasteiger partial charge >= 0.3 is 6.09 Å². The minimum absolute atomic E-state index is 0.0255. The van der Waals surface area contributed by atoms with Crippen molar-refractivity contribution in [3.8, 4) is 0 Å². The zero-order valence-electron chi connectivity index (χ0n) is 15.3. The van der Waals surface area contributed by atoms with Gasteiger partial charge in [0.05, 0.1) is 27.2 Å². The van der Waals surface area contributed by atoms with E-state index < -0.39 is 12.4 Å². The molecule has 1 fully saturated rings. The smallest absolute Gasteiger partial charge is 0.409 e. The second kappa shape index (κ2) is 5.15. The predicted molar refractivity (Wildman–Crippen MR) is 86.9 cm³/mol. The number of hydrogen-bond donors (Lipinski definition) is 0. The van der Waals surface area contributed by atoms with Crippen molar-refractivity contribution in [2.75, 3.05) is 43.0 Å². The van der Waals surface area contributed by atoms with Gasteiger partial charge in [0.15, 0.2) is 0 Å². The average molecular weight is 317 g/mol. The molecule has 0 radical (unpaired) electrons. The van der Waals surface area contributed by atoms with Crippen LogP contribution in [0.5, 0.6) is 0 Å². The average Bonchev–Trinajstić information content (AvgIpc) is 2.94. The molecule has 0 spiro atoms. The lowest BCUT2D eigenvalue weighted by atomic mass is 9.89. The van der Waals surface area contributed by atoms with E-state index in [0.29, 0.717) is 26.1 Å². The number of fused-ring (bicyclic) bond motifs is 3. The van der Waals surface area contributed by atoms with Gasteiger partial charge in [0, 0.05) is 32.1 Å². The van der Waals surface area contributed by atoms with Crippen molar-refractivity contribution in [1.82, 2.24) is 4.90 Å².